The summed E-state index contributed by atoms with van der Waals surface area (Å²) in [6, 6.07) is 1.14. The summed E-state index contributed by atoms with van der Waals surface area (Å²) < 4.78 is 0. The van der Waals surface area contributed by atoms with Crippen LogP contribution in [-0.2, 0) is 0 Å². The molecular formula is C17H32N2. The van der Waals surface area contributed by atoms with Crippen LogP contribution in [-0.4, -0.2) is 30.1 Å². The van der Waals surface area contributed by atoms with Gasteiger partial charge in [0.05, 0.1) is 0 Å². The normalized spacial score (nSPS) is 37.1. The highest BCUT2D eigenvalue weighted by Crippen LogP contribution is 2.45. The first-order chi connectivity index (χ1) is 9.29. The van der Waals surface area contributed by atoms with E-state index in [1.165, 1.54) is 90.1 Å². The molecule has 2 unspecified atom stereocenters. The van der Waals surface area contributed by atoms with E-state index < -0.39 is 0 Å². The van der Waals surface area contributed by atoms with Crippen LogP contribution in [0.25, 0.3) is 0 Å². The van der Waals surface area contributed by atoms with Crippen molar-refractivity contribution < 1.29 is 0 Å². The number of hydrogen-bond donors (Lipinski definition) is 1. The predicted octanol–water partition coefficient (Wildman–Crippen LogP) is 3.69. The van der Waals surface area contributed by atoms with Crippen molar-refractivity contribution in [2.24, 2.45) is 11.1 Å². The van der Waals surface area contributed by atoms with Crippen LogP contribution in [0.5, 0.6) is 0 Å². The molecule has 2 nitrogen and oxygen atoms in total. The molecule has 0 amide bonds. The SMILES string of the molecule is NC1CCCCCC1N1CCC2(CCCCC2)CC1. The summed E-state index contributed by atoms with van der Waals surface area (Å²) in [6.07, 6.45) is 17.2. The number of piperidine rings is 1. The average molecular weight is 264 g/mol. The molecule has 3 rings (SSSR count). The summed E-state index contributed by atoms with van der Waals surface area (Å²) in [5.41, 5.74) is 7.18. The molecule has 2 N–H and O–H groups in total. The second kappa shape index (κ2) is 6.13. The lowest BCUT2D eigenvalue weighted by Gasteiger charge is -2.47. The van der Waals surface area contributed by atoms with Gasteiger partial charge in [-0.1, -0.05) is 38.5 Å². The van der Waals surface area contributed by atoms with Gasteiger partial charge in [0.15, 0.2) is 0 Å². The third-order valence-electron chi connectivity index (χ3n) is 6.27. The fourth-order valence-corrected chi connectivity index (χ4v) is 4.90. The summed E-state index contributed by atoms with van der Waals surface area (Å²) in [6.45, 7) is 2.66. The molecular weight excluding hydrogens is 232 g/mol. The van der Waals surface area contributed by atoms with E-state index in [1.54, 1.807) is 0 Å². The molecule has 1 spiro atoms. The molecule has 2 aliphatic carbocycles. The van der Waals surface area contributed by atoms with E-state index >= 15 is 0 Å². The van der Waals surface area contributed by atoms with Crippen LogP contribution in [0.15, 0.2) is 0 Å². The molecule has 0 aromatic carbocycles. The minimum Gasteiger partial charge on any atom is -0.326 e. The van der Waals surface area contributed by atoms with Crippen LogP contribution in [0.4, 0.5) is 0 Å². The first-order valence-electron chi connectivity index (χ1n) is 8.79. The van der Waals surface area contributed by atoms with Crippen LogP contribution >= 0.6 is 0 Å². The molecule has 1 heterocycles. The highest BCUT2D eigenvalue weighted by molar-refractivity contribution is 4.93. The molecule has 2 heteroatoms. The van der Waals surface area contributed by atoms with Crippen molar-refractivity contribution in [2.75, 3.05) is 13.1 Å². The highest BCUT2D eigenvalue weighted by atomic mass is 15.2. The van der Waals surface area contributed by atoms with E-state index in [4.69, 9.17) is 5.73 Å². The first kappa shape index (κ1) is 13.9. The predicted molar refractivity (Wildman–Crippen MR) is 81.2 cm³/mol. The van der Waals surface area contributed by atoms with Gasteiger partial charge in [0, 0.05) is 12.1 Å². The van der Waals surface area contributed by atoms with Gasteiger partial charge >= 0.3 is 0 Å². The summed E-state index contributed by atoms with van der Waals surface area (Å²) in [5, 5.41) is 0. The summed E-state index contributed by atoms with van der Waals surface area (Å²) >= 11 is 0. The average Bonchev–Trinajstić information content (AvgIpc) is 2.66. The summed E-state index contributed by atoms with van der Waals surface area (Å²) in [7, 11) is 0. The van der Waals surface area contributed by atoms with Crippen LogP contribution in [0.2, 0.25) is 0 Å². The topological polar surface area (TPSA) is 29.3 Å². The smallest absolute Gasteiger partial charge is 0.0247 e. The lowest BCUT2D eigenvalue weighted by molar-refractivity contribution is 0.0364. The Kier molecular flexibility index (Phi) is 4.48. The second-order valence-electron chi connectivity index (χ2n) is 7.47. The van der Waals surface area contributed by atoms with Crippen molar-refractivity contribution in [1.82, 2.24) is 4.90 Å². The van der Waals surface area contributed by atoms with Gasteiger partial charge < -0.3 is 5.73 Å². The van der Waals surface area contributed by atoms with Gasteiger partial charge in [-0.15, -0.1) is 0 Å². The Balaban J connectivity index is 1.56. The molecule has 0 aromatic heterocycles. The Morgan fingerprint density at radius 1 is 0.737 bits per heavy atom. The molecule has 3 aliphatic rings. The molecule has 1 aliphatic heterocycles. The number of nitrogens with two attached hydrogens (primary N) is 1. The number of likely N-dealkylation sites (tertiary alicyclic amines) is 1. The van der Waals surface area contributed by atoms with Gasteiger partial charge in [-0.2, -0.15) is 0 Å². The molecule has 0 radical (unpaired) electrons. The molecule has 19 heavy (non-hydrogen) atoms. The Bertz CT molecular complexity index is 273. The molecule has 0 aromatic rings. The van der Waals surface area contributed by atoms with Crippen molar-refractivity contribution in [1.29, 1.82) is 0 Å². The lowest BCUT2D eigenvalue weighted by Crippen LogP contribution is -2.52. The van der Waals surface area contributed by atoms with Crippen LogP contribution in [0.3, 0.4) is 0 Å². The van der Waals surface area contributed by atoms with Crippen molar-refractivity contribution in [3.63, 3.8) is 0 Å². The maximum absolute atomic E-state index is 6.44. The van der Waals surface area contributed by atoms with E-state index in [0.717, 1.165) is 5.41 Å². The van der Waals surface area contributed by atoms with Crippen molar-refractivity contribution in [2.45, 2.75) is 89.1 Å². The zero-order chi connectivity index (χ0) is 13.1. The Hall–Kier alpha value is -0.0800. The lowest BCUT2D eigenvalue weighted by atomic mass is 9.68. The van der Waals surface area contributed by atoms with E-state index in [-0.39, 0.29) is 0 Å². The Morgan fingerprint density at radius 2 is 1.37 bits per heavy atom. The zero-order valence-corrected chi connectivity index (χ0v) is 12.6. The Labute approximate surface area is 119 Å². The molecule has 0 bridgehead atoms. The minimum atomic E-state index is 0.447. The van der Waals surface area contributed by atoms with E-state index in [2.05, 4.69) is 4.90 Å². The van der Waals surface area contributed by atoms with E-state index in [9.17, 15) is 0 Å². The third-order valence-corrected chi connectivity index (χ3v) is 6.27. The molecule has 3 fully saturated rings. The number of rotatable bonds is 1. The van der Waals surface area contributed by atoms with Gasteiger partial charge in [-0.3, -0.25) is 4.90 Å². The fraction of sp³-hybridized carbons (Fsp3) is 1.00. The van der Waals surface area contributed by atoms with Crippen LogP contribution in [0.1, 0.15) is 77.0 Å². The zero-order valence-electron chi connectivity index (χ0n) is 12.6. The van der Waals surface area contributed by atoms with Gasteiger partial charge in [-0.25, -0.2) is 0 Å². The fourth-order valence-electron chi connectivity index (χ4n) is 4.90. The monoisotopic (exact) mass is 264 g/mol. The van der Waals surface area contributed by atoms with Gasteiger partial charge in [-0.05, 0) is 57.0 Å². The summed E-state index contributed by atoms with van der Waals surface area (Å²) in [4.78, 5) is 2.76. The standard InChI is InChI=1S/C17H32N2/c18-15-7-3-1-4-8-16(15)19-13-11-17(12-14-19)9-5-2-6-10-17/h15-16H,1-14,18H2. The largest absolute Gasteiger partial charge is 0.326 e. The molecule has 110 valence electrons. The quantitative estimate of drug-likeness (QED) is 0.732. The maximum Gasteiger partial charge on any atom is 0.0247 e. The van der Waals surface area contributed by atoms with Crippen LogP contribution < -0.4 is 5.73 Å². The van der Waals surface area contributed by atoms with Crippen molar-refractivity contribution in [3.05, 3.63) is 0 Å². The minimum absolute atomic E-state index is 0.447. The maximum atomic E-state index is 6.44. The van der Waals surface area contributed by atoms with Crippen LogP contribution in [0, 0.1) is 5.41 Å². The number of nitrogens with zero attached hydrogens (tertiary/aromatic N) is 1. The molecule has 1 saturated heterocycles. The molecule has 2 atom stereocenters. The summed E-state index contributed by atoms with van der Waals surface area (Å²) in [5.74, 6) is 0. The Morgan fingerprint density at radius 3 is 2.11 bits per heavy atom. The first-order valence-corrected chi connectivity index (χ1v) is 8.79. The number of hydrogen-bond acceptors (Lipinski definition) is 2. The third kappa shape index (κ3) is 3.16. The van der Waals surface area contributed by atoms with Crippen molar-refractivity contribution >= 4 is 0 Å². The van der Waals surface area contributed by atoms with E-state index in [1.807, 2.05) is 0 Å². The highest BCUT2D eigenvalue weighted by Gasteiger charge is 2.38. The van der Waals surface area contributed by atoms with Crippen molar-refractivity contribution in [3.8, 4) is 0 Å². The van der Waals surface area contributed by atoms with Gasteiger partial charge in [0.2, 0.25) is 0 Å². The second-order valence-corrected chi connectivity index (χ2v) is 7.47. The van der Waals surface area contributed by atoms with E-state index in [0.29, 0.717) is 12.1 Å². The van der Waals surface area contributed by atoms with Gasteiger partial charge in [0.25, 0.3) is 0 Å². The molecule has 2 saturated carbocycles. The van der Waals surface area contributed by atoms with Gasteiger partial charge in [0.1, 0.15) is 0 Å².